The smallest absolute Gasteiger partial charge is 0.193 e. The molecule has 0 radical (unpaired) electrons. The number of fused-ring (bicyclic) bond motifs is 5. The van der Waals surface area contributed by atoms with Crippen molar-refractivity contribution in [2.45, 2.75) is 31.5 Å². The van der Waals surface area contributed by atoms with Gasteiger partial charge in [0.25, 0.3) is 0 Å². The molecule has 0 aromatic heterocycles. The van der Waals surface area contributed by atoms with Crippen molar-refractivity contribution in [2.24, 2.45) is 22.7 Å². The minimum absolute atomic E-state index is 0. The first kappa shape index (κ1) is 16.8. The van der Waals surface area contributed by atoms with Crippen molar-refractivity contribution in [3.8, 4) is 0 Å². The summed E-state index contributed by atoms with van der Waals surface area (Å²) in [6.45, 7) is 5.78. The van der Waals surface area contributed by atoms with Gasteiger partial charge in [0.15, 0.2) is 5.96 Å². The average molecular weight is 420 g/mol. The van der Waals surface area contributed by atoms with Crippen LogP contribution in [-0.4, -0.2) is 74.8 Å². The highest BCUT2D eigenvalue weighted by Gasteiger charge is 2.53. The molecule has 4 saturated heterocycles. The number of halogens is 1. The van der Waals surface area contributed by atoms with Crippen LogP contribution in [0.5, 0.6) is 0 Å². The van der Waals surface area contributed by atoms with E-state index in [0.29, 0.717) is 12.2 Å². The monoisotopic (exact) mass is 420 g/mol. The predicted molar refractivity (Wildman–Crippen MR) is 98.8 cm³/mol. The van der Waals surface area contributed by atoms with Gasteiger partial charge >= 0.3 is 0 Å². The first-order valence-electron chi connectivity index (χ1n) is 8.54. The molecule has 5 unspecified atom stereocenters. The largest absolute Gasteiger partial charge is 0.374 e. The minimum Gasteiger partial charge on any atom is -0.374 e. The molecule has 6 heteroatoms. The molecule has 4 aliphatic heterocycles. The van der Waals surface area contributed by atoms with Gasteiger partial charge in [-0.25, -0.2) is 0 Å². The van der Waals surface area contributed by atoms with Crippen LogP contribution in [0, 0.1) is 17.8 Å². The third kappa shape index (κ3) is 2.98. The quantitative estimate of drug-likeness (QED) is 0.415. The van der Waals surface area contributed by atoms with E-state index in [4.69, 9.17) is 4.74 Å². The topological polar surface area (TPSA) is 40.1 Å². The van der Waals surface area contributed by atoms with E-state index in [1.54, 1.807) is 0 Å². The number of rotatable bonds is 2. The summed E-state index contributed by atoms with van der Waals surface area (Å²) < 4.78 is 6.06. The lowest BCUT2D eigenvalue weighted by Crippen LogP contribution is -2.43. The molecule has 4 rings (SSSR count). The summed E-state index contributed by atoms with van der Waals surface area (Å²) in [6, 6.07) is 0. The third-order valence-corrected chi connectivity index (χ3v) is 6.00. The minimum atomic E-state index is 0. The molecule has 2 bridgehead atoms. The maximum Gasteiger partial charge on any atom is 0.193 e. The summed E-state index contributed by atoms with van der Waals surface area (Å²) in [7, 11) is 4.13. The average Bonchev–Trinajstić information content (AvgIpc) is 3.20. The number of ether oxygens (including phenoxy) is 1. The van der Waals surface area contributed by atoms with Gasteiger partial charge in [-0.3, -0.25) is 4.99 Å². The summed E-state index contributed by atoms with van der Waals surface area (Å²) >= 11 is 0. The van der Waals surface area contributed by atoms with E-state index in [1.807, 2.05) is 7.05 Å². The van der Waals surface area contributed by atoms with Crippen molar-refractivity contribution >= 4 is 29.9 Å². The number of hydrogen-bond acceptors (Lipinski definition) is 3. The summed E-state index contributed by atoms with van der Waals surface area (Å²) in [5.74, 6) is 3.38. The van der Waals surface area contributed by atoms with Crippen LogP contribution >= 0.6 is 24.0 Å². The van der Waals surface area contributed by atoms with Crippen LogP contribution in [0.4, 0.5) is 0 Å². The number of guanidine groups is 1. The van der Waals surface area contributed by atoms with Crippen molar-refractivity contribution < 1.29 is 4.74 Å². The van der Waals surface area contributed by atoms with Gasteiger partial charge in [0.05, 0.1) is 12.2 Å². The van der Waals surface area contributed by atoms with Gasteiger partial charge in [0.2, 0.25) is 0 Å². The molecule has 0 aromatic rings. The fourth-order valence-electron chi connectivity index (χ4n) is 4.89. The Morgan fingerprint density at radius 3 is 2.36 bits per heavy atom. The van der Waals surface area contributed by atoms with Crippen LogP contribution in [0.15, 0.2) is 4.99 Å². The zero-order valence-electron chi connectivity index (χ0n) is 13.7. The van der Waals surface area contributed by atoms with Crippen LogP contribution in [0.1, 0.15) is 19.3 Å². The van der Waals surface area contributed by atoms with E-state index in [2.05, 4.69) is 27.2 Å². The van der Waals surface area contributed by atoms with Crippen molar-refractivity contribution in [2.75, 3.05) is 46.8 Å². The normalized spacial score (nSPS) is 40.9. The highest BCUT2D eigenvalue weighted by Crippen LogP contribution is 2.47. The van der Waals surface area contributed by atoms with E-state index in [9.17, 15) is 0 Å². The predicted octanol–water partition coefficient (Wildman–Crippen LogP) is 1.24. The maximum atomic E-state index is 6.06. The molecular weight excluding hydrogens is 391 g/mol. The Labute approximate surface area is 150 Å². The second-order valence-electron chi connectivity index (χ2n) is 7.37. The van der Waals surface area contributed by atoms with Gasteiger partial charge in [-0.15, -0.1) is 24.0 Å². The molecule has 4 fully saturated rings. The Bertz CT molecular complexity index is 414. The second-order valence-corrected chi connectivity index (χ2v) is 7.37. The van der Waals surface area contributed by atoms with Gasteiger partial charge < -0.3 is 19.9 Å². The summed E-state index contributed by atoms with van der Waals surface area (Å²) in [4.78, 5) is 9.42. The first-order valence-corrected chi connectivity index (χ1v) is 8.54. The van der Waals surface area contributed by atoms with Crippen LogP contribution in [-0.2, 0) is 4.74 Å². The Hall–Kier alpha value is -0.0800. The molecule has 1 N–H and O–H groups in total. The SMILES string of the molecule is CN=C(NCC1CCN(C)C1)N1CC2C3CCC(O3)C2C1.I. The molecule has 5 atom stereocenters. The Balaban J connectivity index is 0.00000144. The zero-order chi connectivity index (χ0) is 14.4. The van der Waals surface area contributed by atoms with Gasteiger partial charge in [0.1, 0.15) is 0 Å². The Morgan fingerprint density at radius 1 is 1.14 bits per heavy atom. The Morgan fingerprint density at radius 2 is 1.82 bits per heavy atom. The lowest BCUT2D eigenvalue weighted by molar-refractivity contribution is 0.0767. The van der Waals surface area contributed by atoms with E-state index in [1.165, 1.54) is 32.4 Å². The summed E-state index contributed by atoms with van der Waals surface area (Å²) in [5, 5.41) is 3.62. The number of likely N-dealkylation sites (tertiary alicyclic amines) is 2. The first-order chi connectivity index (χ1) is 10.2. The molecule has 0 amide bonds. The number of hydrogen-bond donors (Lipinski definition) is 1. The van der Waals surface area contributed by atoms with E-state index in [-0.39, 0.29) is 24.0 Å². The molecular formula is C16H29IN4O. The zero-order valence-corrected chi connectivity index (χ0v) is 16.0. The van der Waals surface area contributed by atoms with Crippen LogP contribution in [0.3, 0.4) is 0 Å². The number of nitrogens with one attached hydrogen (secondary N) is 1. The standard InChI is InChI=1S/C16H28N4O.HI/c1-17-16(18-7-11-5-6-19(2)8-11)20-9-12-13(10-20)15-4-3-14(12)21-15;/h11-15H,3-10H2,1-2H3,(H,17,18);1H. The van der Waals surface area contributed by atoms with Gasteiger partial charge in [-0.05, 0) is 38.8 Å². The van der Waals surface area contributed by atoms with Gasteiger partial charge in [-0.1, -0.05) is 0 Å². The van der Waals surface area contributed by atoms with Crippen molar-refractivity contribution in [3.05, 3.63) is 0 Å². The lowest BCUT2D eigenvalue weighted by atomic mass is 9.82. The fraction of sp³-hybridized carbons (Fsp3) is 0.938. The van der Waals surface area contributed by atoms with Gasteiger partial charge in [0, 0.05) is 45.1 Å². The second kappa shape index (κ2) is 6.81. The molecule has 126 valence electrons. The van der Waals surface area contributed by atoms with E-state index < -0.39 is 0 Å². The van der Waals surface area contributed by atoms with Crippen molar-refractivity contribution in [1.29, 1.82) is 0 Å². The molecule has 4 heterocycles. The molecule has 5 nitrogen and oxygen atoms in total. The fourth-order valence-corrected chi connectivity index (χ4v) is 4.89. The Kier molecular flexibility index (Phi) is 5.19. The lowest BCUT2D eigenvalue weighted by Gasteiger charge is -2.24. The maximum absolute atomic E-state index is 6.06. The van der Waals surface area contributed by atoms with Crippen LogP contribution in [0.25, 0.3) is 0 Å². The molecule has 22 heavy (non-hydrogen) atoms. The highest BCUT2D eigenvalue weighted by molar-refractivity contribution is 14.0. The molecule has 0 aliphatic carbocycles. The highest BCUT2D eigenvalue weighted by atomic mass is 127. The molecule has 0 aromatic carbocycles. The van der Waals surface area contributed by atoms with Gasteiger partial charge in [-0.2, -0.15) is 0 Å². The summed E-state index contributed by atoms with van der Waals surface area (Å²) in [6.07, 6.45) is 4.93. The van der Waals surface area contributed by atoms with Crippen LogP contribution in [0.2, 0.25) is 0 Å². The van der Waals surface area contributed by atoms with Crippen molar-refractivity contribution in [3.63, 3.8) is 0 Å². The third-order valence-electron chi connectivity index (χ3n) is 6.00. The van der Waals surface area contributed by atoms with Crippen LogP contribution < -0.4 is 5.32 Å². The number of aliphatic imine (C=N–C) groups is 1. The van der Waals surface area contributed by atoms with E-state index in [0.717, 1.165) is 43.3 Å². The van der Waals surface area contributed by atoms with E-state index >= 15 is 0 Å². The number of nitrogens with zero attached hydrogens (tertiary/aromatic N) is 3. The van der Waals surface area contributed by atoms with Crippen molar-refractivity contribution in [1.82, 2.24) is 15.1 Å². The molecule has 0 spiro atoms. The molecule has 4 aliphatic rings. The summed E-state index contributed by atoms with van der Waals surface area (Å²) in [5.41, 5.74) is 0. The molecule has 0 saturated carbocycles.